The molecular formula is C17H14O4. The molecule has 2 aromatic carbocycles. The van der Waals surface area contributed by atoms with Crippen molar-refractivity contribution in [2.45, 2.75) is 12.2 Å². The van der Waals surface area contributed by atoms with Gasteiger partial charge in [-0.05, 0) is 17.7 Å². The number of ketones is 1. The van der Waals surface area contributed by atoms with Crippen molar-refractivity contribution in [1.82, 2.24) is 0 Å². The van der Waals surface area contributed by atoms with Gasteiger partial charge in [0.1, 0.15) is 6.10 Å². The third-order valence-electron chi connectivity index (χ3n) is 3.47. The van der Waals surface area contributed by atoms with Crippen molar-refractivity contribution in [3.05, 3.63) is 71.3 Å². The van der Waals surface area contributed by atoms with Gasteiger partial charge in [-0.15, -0.1) is 0 Å². The zero-order valence-corrected chi connectivity index (χ0v) is 11.5. The number of methoxy groups -OCH3 is 1. The summed E-state index contributed by atoms with van der Waals surface area (Å²) in [5.41, 5.74) is 2.01. The van der Waals surface area contributed by atoms with Gasteiger partial charge in [0, 0.05) is 5.56 Å². The van der Waals surface area contributed by atoms with Crippen LogP contribution in [0.1, 0.15) is 32.4 Å². The molecule has 0 amide bonds. The van der Waals surface area contributed by atoms with Crippen molar-refractivity contribution in [1.29, 1.82) is 0 Å². The van der Waals surface area contributed by atoms with Gasteiger partial charge in [-0.25, -0.2) is 4.79 Å². The van der Waals surface area contributed by atoms with E-state index < -0.39 is 6.10 Å². The maximum atomic E-state index is 12.2. The van der Waals surface area contributed by atoms with Crippen LogP contribution < -0.4 is 0 Å². The molecule has 0 spiro atoms. The first-order valence-electron chi connectivity index (χ1n) is 6.63. The fraction of sp³-hybridized carbons (Fsp3) is 0.176. The van der Waals surface area contributed by atoms with E-state index in [0.29, 0.717) is 11.1 Å². The number of Topliss-reactive ketones (excluding diaryl/α,β-unsaturated/α-hetero) is 1. The van der Waals surface area contributed by atoms with E-state index in [-0.39, 0.29) is 17.9 Å². The molecule has 1 aliphatic heterocycles. The Morgan fingerprint density at radius 1 is 0.952 bits per heavy atom. The van der Waals surface area contributed by atoms with Gasteiger partial charge in [-0.3, -0.25) is 4.79 Å². The molecule has 0 bridgehead atoms. The summed E-state index contributed by atoms with van der Waals surface area (Å²) in [6.45, 7) is 0. The van der Waals surface area contributed by atoms with Crippen LogP contribution in [-0.2, 0) is 9.47 Å². The summed E-state index contributed by atoms with van der Waals surface area (Å²) < 4.78 is 10.1. The van der Waals surface area contributed by atoms with Crippen molar-refractivity contribution in [2.24, 2.45) is 0 Å². The van der Waals surface area contributed by atoms with E-state index >= 15 is 0 Å². The molecule has 0 N–H and O–H groups in total. The molecule has 21 heavy (non-hydrogen) atoms. The van der Waals surface area contributed by atoms with E-state index in [2.05, 4.69) is 4.74 Å². The molecule has 3 rings (SSSR count). The molecule has 2 unspecified atom stereocenters. The summed E-state index contributed by atoms with van der Waals surface area (Å²) in [5.74, 6) is -0.396. The van der Waals surface area contributed by atoms with Gasteiger partial charge in [0.25, 0.3) is 0 Å². The van der Waals surface area contributed by atoms with Crippen LogP contribution >= 0.6 is 0 Å². The number of carbonyl (C=O) groups is 2. The number of benzene rings is 2. The molecule has 4 heteroatoms. The van der Waals surface area contributed by atoms with Gasteiger partial charge in [0.2, 0.25) is 0 Å². The number of esters is 1. The normalized spacial score (nSPS) is 19.9. The van der Waals surface area contributed by atoms with E-state index in [9.17, 15) is 9.59 Å². The van der Waals surface area contributed by atoms with E-state index in [1.54, 1.807) is 36.4 Å². The highest BCUT2D eigenvalue weighted by atomic mass is 16.6. The molecule has 0 radical (unpaired) electrons. The number of rotatable bonds is 4. The van der Waals surface area contributed by atoms with E-state index in [1.165, 1.54) is 7.11 Å². The monoisotopic (exact) mass is 282 g/mol. The van der Waals surface area contributed by atoms with Gasteiger partial charge < -0.3 is 9.47 Å². The third-order valence-corrected chi connectivity index (χ3v) is 3.47. The maximum Gasteiger partial charge on any atom is 0.337 e. The molecule has 1 aliphatic rings. The molecule has 1 heterocycles. The van der Waals surface area contributed by atoms with Gasteiger partial charge in [0.15, 0.2) is 11.9 Å². The molecule has 0 saturated carbocycles. The van der Waals surface area contributed by atoms with Crippen LogP contribution in [0.25, 0.3) is 0 Å². The van der Waals surface area contributed by atoms with Crippen molar-refractivity contribution < 1.29 is 19.1 Å². The second kappa shape index (κ2) is 5.50. The van der Waals surface area contributed by atoms with E-state index in [4.69, 9.17) is 4.74 Å². The first-order chi connectivity index (χ1) is 10.2. The lowest BCUT2D eigenvalue weighted by molar-refractivity contribution is 0.0600. The molecular weight excluding hydrogens is 268 g/mol. The predicted octanol–water partition coefficient (Wildman–Crippen LogP) is 2.80. The van der Waals surface area contributed by atoms with Crippen molar-refractivity contribution in [3.63, 3.8) is 0 Å². The summed E-state index contributed by atoms with van der Waals surface area (Å²) in [4.78, 5) is 23.6. The highest BCUT2D eigenvalue weighted by Crippen LogP contribution is 2.40. The summed E-state index contributed by atoms with van der Waals surface area (Å²) in [6, 6.07) is 16.0. The maximum absolute atomic E-state index is 12.2. The minimum Gasteiger partial charge on any atom is -0.465 e. The Balaban J connectivity index is 1.70. The second-order valence-electron chi connectivity index (χ2n) is 4.82. The Kier molecular flexibility index (Phi) is 3.54. The molecule has 0 aromatic heterocycles. The minimum absolute atomic E-state index is 0.0161. The van der Waals surface area contributed by atoms with Gasteiger partial charge >= 0.3 is 5.97 Å². The van der Waals surface area contributed by atoms with Crippen molar-refractivity contribution in [3.8, 4) is 0 Å². The smallest absolute Gasteiger partial charge is 0.337 e. The summed E-state index contributed by atoms with van der Waals surface area (Å²) in [5, 5.41) is 0. The lowest BCUT2D eigenvalue weighted by atomic mass is 10.0. The molecule has 2 atom stereocenters. The van der Waals surface area contributed by atoms with Crippen LogP contribution in [0.5, 0.6) is 0 Å². The molecule has 4 nitrogen and oxygen atoms in total. The first-order valence-corrected chi connectivity index (χ1v) is 6.63. The molecule has 106 valence electrons. The van der Waals surface area contributed by atoms with Crippen LogP contribution in [0.3, 0.4) is 0 Å². The number of carbonyl (C=O) groups excluding carboxylic acids is 2. The Morgan fingerprint density at radius 3 is 2.24 bits per heavy atom. The van der Waals surface area contributed by atoms with E-state index in [0.717, 1.165) is 5.56 Å². The van der Waals surface area contributed by atoms with Crippen molar-refractivity contribution in [2.75, 3.05) is 7.11 Å². The number of ether oxygens (including phenoxy) is 2. The fourth-order valence-electron chi connectivity index (χ4n) is 2.26. The number of hydrogen-bond donors (Lipinski definition) is 0. The van der Waals surface area contributed by atoms with Crippen LogP contribution in [0.4, 0.5) is 0 Å². The van der Waals surface area contributed by atoms with Gasteiger partial charge in [-0.1, -0.05) is 42.5 Å². The molecule has 2 aromatic rings. The second-order valence-corrected chi connectivity index (χ2v) is 4.82. The summed E-state index contributed by atoms with van der Waals surface area (Å²) in [6.07, 6.45) is -0.666. The summed E-state index contributed by atoms with van der Waals surface area (Å²) in [7, 11) is 1.34. The van der Waals surface area contributed by atoms with Crippen LogP contribution in [0, 0.1) is 0 Å². The third kappa shape index (κ3) is 2.71. The number of epoxide rings is 1. The standard InChI is InChI=1S/C17H14O4/c1-20-17(19)13-9-7-12(8-10-13)15-16(21-15)14(18)11-5-3-2-4-6-11/h2-10,15-16H,1H3. The topological polar surface area (TPSA) is 55.9 Å². The predicted molar refractivity (Wildman–Crippen MR) is 76.2 cm³/mol. The van der Waals surface area contributed by atoms with Crippen LogP contribution in [0.15, 0.2) is 54.6 Å². The molecule has 0 aliphatic carbocycles. The van der Waals surface area contributed by atoms with E-state index in [1.807, 2.05) is 18.2 Å². The molecule has 1 saturated heterocycles. The largest absolute Gasteiger partial charge is 0.465 e. The average molecular weight is 282 g/mol. The SMILES string of the molecule is COC(=O)c1ccc(C2OC2C(=O)c2ccccc2)cc1. The van der Waals surface area contributed by atoms with Gasteiger partial charge in [-0.2, -0.15) is 0 Å². The van der Waals surface area contributed by atoms with Gasteiger partial charge in [0.05, 0.1) is 12.7 Å². The van der Waals surface area contributed by atoms with Crippen molar-refractivity contribution >= 4 is 11.8 Å². The lowest BCUT2D eigenvalue weighted by Crippen LogP contribution is -2.08. The highest BCUT2D eigenvalue weighted by Gasteiger charge is 2.46. The Morgan fingerprint density at radius 2 is 1.62 bits per heavy atom. The lowest BCUT2D eigenvalue weighted by Gasteiger charge is -2.00. The summed E-state index contributed by atoms with van der Waals surface area (Å²) >= 11 is 0. The minimum atomic E-state index is -0.434. The fourth-order valence-corrected chi connectivity index (χ4v) is 2.26. The Labute approximate surface area is 122 Å². The zero-order chi connectivity index (χ0) is 14.8. The average Bonchev–Trinajstić information content (AvgIpc) is 3.35. The highest BCUT2D eigenvalue weighted by molar-refractivity contribution is 6.01. The van der Waals surface area contributed by atoms with Crippen LogP contribution in [0.2, 0.25) is 0 Å². The Bertz CT molecular complexity index is 661. The Hall–Kier alpha value is -2.46. The zero-order valence-electron chi connectivity index (χ0n) is 11.5. The molecule has 1 fully saturated rings. The van der Waals surface area contributed by atoms with Crippen LogP contribution in [-0.4, -0.2) is 25.0 Å². The quantitative estimate of drug-likeness (QED) is 0.491. The number of hydrogen-bond acceptors (Lipinski definition) is 4. The first kappa shape index (κ1) is 13.5.